The molecule has 0 spiro atoms. The average molecular weight is 434 g/mol. The van der Waals surface area contributed by atoms with E-state index in [0.29, 0.717) is 36.4 Å². The van der Waals surface area contributed by atoms with Gasteiger partial charge in [0.2, 0.25) is 10.0 Å². The molecule has 12 heteroatoms. The van der Waals surface area contributed by atoms with Crippen molar-refractivity contribution in [1.29, 1.82) is 0 Å². The van der Waals surface area contributed by atoms with Crippen LogP contribution in [-0.4, -0.2) is 54.0 Å². The summed E-state index contributed by atoms with van der Waals surface area (Å²) < 4.78 is 55.3. The molecule has 0 fully saturated rings. The summed E-state index contributed by atoms with van der Waals surface area (Å²) >= 11 is 0.709. The van der Waals surface area contributed by atoms with Crippen molar-refractivity contribution in [2.45, 2.75) is 40.8 Å². The standard InChI is InChI=1S/C13H23N3O5S3.ClH/c1-4-15-11-8-16(6-5-9(2)21-3)24(19,20)13-10(11)7-12(22-13)23(14,17)18;/h7,9,11,15H,4-6,8H2,1-3H3,(H2,14,17,18);1H. The van der Waals surface area contributed by atoms with Crippen molar-refractivity contribution >= 4 is 43.8 Å². The van der Waals surface area contributed by atoms with Crippen LogP contribution in [0.15, 0.2) is 14.5 Å². The molecular formula is C13H24ClN3O5S3. The lowest BCUT2D eigenvalue weighted by Gasteiger charge is -2.32. The highest BCUT2D eigenvalue weighted by atomic mass is 35.5. The number of hydrogen-bond acceptors (Lipinski definition) is 7. The second-order valence-electron chi connectivity index (χ2n) is 5.66. The first kappa shape index (κ1) is 22.8. The molecule has 0 radical (unpaired) electrons. The largest absolute Gasteiger partial charge is 0.382 e. The van der Waals surface area contributed by atoms with Crippen LogP contribution in [0.5, 0.6) is 0 Å². The topological polar surface area (TPSA) is 119 Å². The van der Waals surface area contributed by atoms with E-state index in [9.17, 15) is 16.8 Å². The van der Waals surface area contributed by atoms with Crippen LogP contribution in [-0.2, 0) is 24.8 Å². The number of hydrogen-bond donors (Lipinski definition) is 2. The monoisotopic (exact) mass is 433 g/mol. The number of fused-ring (bicyclic) bond motifs is 1. The molecule has 0 aromatic carbocycles. The summed E-state index contributed by atoms with van der Waals surface area (Å²) in [5.74, 6) is 0. The van der Waals surface area contributed by atoms with Crippen LogP contribution in [0.4, 0.5) is 0 Å². The van der Waals surface area contributed by atoms with Gasteiger partial charge in [0.05, 0.1) is 6.10 Å². The van der Waals surface area contributed by atoms with Crippen molar-refractivity contribution in [1.82, 2.24) is 9.62 Å². The van der Waals surface area contributed by atoms with Gasteiger partial charge in [-0.25, -0.2) is 22.0 Å². The lowest BCUT2D eigenvalue weighted by molar-refractivity contribution is 0.105. The van der Waals surface area contributed by atoms with Crippen molar-refractivity contribution in [2.75, 3.05) is 26.7 Å². The number of likely N-dealkylation sites (N-methyl/N-ethyl adjacent to an activating group) is 1. The van der Waals surface area contributed by atoms with Gasteiger partial charge in [0.15, 0.2) is 0 Å². The molecule has 2 rings (SSSR count). The summed E-state index contributed by atoms with van der Waals surface area (Å²) in [6.45, 7) is 4.97. The Hall–Kier alpha value is -0.270. The van der Waals surface area contributed by atoms with E-state index in [4.69, 9.17) is 9.88 Å². The number of methoxy groups -OCH3 is 1. The Bertz CT molecular complexity index is 794. The third kappa shape index (κ3) is 4.92. The smallest absolute Gasteiger partial charge is 0.252 e. The van der Waals surface area contributed by atoms with E-state index >= 15 is 0 Å². The summed E-state index contributed by atoms with van der Waals surface area (Å²) in [6, 6.07) is 1.10. The van der Waals surface area contributed by atoms with Crippen molar-refractivity contribution in [3.05, 3.63) is 11.6 Å². The molecule has 1 aliphatic rings. The molecule has 146 valence electrons. The molecule has 0 bridgehead atoms. The third-order valence-corrected chi connectivity index (χ3v) is 8.92. The Morgan fingerprint density at radius 2 is 2.16 bits per heavy atom. The Kier molecular flexibility index (Phi) is 7.84. The van der Waals surface area contributed by atoms with Gasteiger partial charge in [0, 0.05) is 31.8 Å². The average Bonchev–Trinajstić information content (AvgIpc) is 2.95. The number of nitrogens with two attached hydrogens (primary N) is 1. The minimum absolute atomic E-state index is 0. The molecule has 0 saturated carbocycles. The maximum atomic E-state index is 12.8. The van der Waals surface area contributed by atoms with Crippen LogP contribution < -0.4 is 10.5 Å². The van der Waals surface area contributed by atoms with Crippen molar-refractivity contribution in [2.24, 2.45) is 5.14 Å². The molecule has 0 saturated heterocycles. The molecule has 1 aromatic heterocycles. The molecule has 2 atom stereocenters. The normalized spacial score (nSPS) is 21.4. The fourth-order valence-electron chi connectivity index (χ4n) is 2.54. The molecule has 1 aliphatic heterocycles. The van der Waals surface area contributed by atoms with Gasteiger partial charge in [-0.05, 0) is 26.0 Å². The van der Waals surface area contributed by atoms with Crippen LogP contribution in [0.1, 0.15) is 31.9 Å². The van der Waals surface area contributed by atoms with Gasteiger partial charge >= 0.3 is 0 Å². The number of thiophene rings is 1. The highest BCUT2D eigenvalue weighted by Crippen LogP contribution is 2.39. The minimum Gasteiger partial charge on any atom is -0.382 e. The summed E-state index contributed by atoms with van der Waals surface area (Å²) in [5, 5.41) is 8.37. The Morgan fingerprint density at radius 1 is 1.52 bits per heavy atom. The maximum Gasteiger partial charge on any atom is 0.252 e. The number of rotatable bonds is 7. The lowest BCUT2D eigenvalue weighted by atomic mass is 10.1. The van der Waals surface area contributed by atoms with Gasteiger partial charge in [-0.1, -0.05) is 6.92 Å². The first-order valence-electron chi connectivity index (χ1n) is 7.54. The zero-order valence-electron chi connectivity index (χ0n) is 14.3. The number of halogens is 1. The fraction of sp³-hybridized carbons (Fsp3) is 0.692. The zero-order chi connectivity index (χ0) is 18.1. The molecular weight excluding hydrogens is 410 g/mol. The maximum absolute atomic E-state index is 12.8. The van der Waals surface area contributed by atoms with Gasteiger partial charge in [-0.15, -0.1) is 23.7 Å². The number of primary sulfonamides is 1. The number of sulfonamides is 2. The number of nitrogens with zero attached hydrogens (tertiary/aromatic N) is 1. The van der Waals surface area contributed by atoms with E-state index in [0.717, 1.165) is 0 Å². The molecule has 2 unspecified atom stereocenters. The van der Waals surface area contributed by atoms with E-state index in [2.05, 4.69) is 5.32 Å². The molecule has 3 N–H and O–H groups in total. The molecule has 0 aliphatic carbocycles. The van der Waals surface area contributed by atoms with Gasteiger partial charge in [0.25, 0.3) is 10.0 Å². The van der Waals surface area contributed by atoms with Gasteiger partial charge < -0.3 is 10.1 Å². The Labute approximate surface area is 159 Å². The van der Waals surface area contributed by atoms with Crippen molar-refractivity contribution in [3.63, 3.8) is 0 Å². The van der Waals surface area contributed by atoms with E-state index in [1.54, 1.807) is 7.11 Å². The number of ether oxygens (including phenoxy) is 1. The second kappa shape index (κ2) is 8.61. The summed E-state index contributed by atoms with van der Waals surface area (Å²) in [7, 11) is -6.11. The van der Waals surface area contributed by atoms with Crippen LogP contribution in [0.2, 0.25) is 0 Å². The highest BCUT2D eigenvalue weighted by molar-refractivity contribution is 7.94. The van der Waals surface area contributed by atoms with E-state index in [1.165, 1.54) is 10.4 Å². The predicted octanol–water partition coefficient (Wildman–Crippen LogP) is 0.897. The fourth-order valence-corrected chi connectivity index (χ4v) is 6.83. The second-order valence-corrected chi connectivity index (χ2v) is 10.6. The lowest BCUT2D eigenvalue weighted by Crippen LogP contribution is -2.44. The molecule has 25 heavy (non-hydrogen) atoms. The summed E-state index contributed by atoms with van der Waals surface area (Å²) in [5.41, 5.74) is 0.474. The van der Waals surface area contributed by atoms with Gasteiger partial charge in [0.1, 0.15) is 8.42 Å². The Balaban J connectivity index is 0.00000312. The molecule has 8 nitrogen and oxygen atoms in total. The SMILES string of the molecule is CCNC1CN(CCC(C)OC)S(=O)(=O)c2sc(S(N)(=O)=O)cc21.Cl. The Morgan fingerprint density at radius 3 is 2.68 bits per heavy atom. The van der Waals surface area contributed by atoms with Crippen LogP contribution in [0.25, 0.3) is 0 Å². The highest BCUT2D eigenvalue weighted by Gasteiger charge is 2.39. The molecule has 0 amide bonds. The van der Waals surface area contributed by atoms with Crippen LogP contribution >= 0.6 is 23.7 Å². The van der Waals surface area contributed by atoms with E-state index < -0.39 is 20.0 Å². The molecule has 1 aromatic rings. The predicted molar refractivity (Wildman–Crippen MR) is 99.2 cm³/mol. The third-order valence-electron chi connectivity index (χ3n) is 3.96. The first-order chi connectivity index (χ1) is 11.1. The van der Waals surface area contributed by atoms with Crippen LogP contribution in [0, 0.1) is 0 Å². The van der Waals surface area contributed by atoms with Crippen LogP contribution in [0.3, 0.4) is 0 Å². The number of nitrogens with one attached hydrogen (secondary N) is 1. The van der Waals surface area contributed by atoms with Crippen molar-refractivity contribution < 1.29 is 21.6 Å². The molecule has 2 heterocycles. The quantitative estimate of drug-likeness (QED) is 0.659. The van der Waals surface area contributed by atoms with Crippen molar-refractivity contribution in [3.8, 4) is 0 Å². The van der Waals surface area contributed by atoms with Gasteiger partial charge in [-0.2, -0.15) is 4.31 Å². The first-order valence-corrected chi connectivity index (χ1v) is 11.3. The van der Waals surface area contributed by atoms with E-state index in [1.807, 2.05) is 13.8 Å². The van der Waals surface area contributed by atoms with Gasteiger partial charge in [-0.3, -0.25) is 0 Å². The zero-order valence-corrected chi connectivity index (χ0v) is 17.5. The summed E-state index contributed by atoms with van der Waals surface area (Å²) in [4.78, 5) is 0. The summed E-state index contributed by atoms with van der Waals surface area (Å²) in [6.07, 6.45) is 0.486. The minimum atomic E-state index is -3.94. The van der Waals surface area contributed by atoms with E-state index in [-0.39, 0.29) is 39.5 Å².